The molecule has 1 spiro atoms. The molecular formula is C17H32N4O. The molecule has 0 aromatic rings. The second-order valence-corrected chi connectivity index (χ2v) is 7.76. The SMILES string of the molecule is CN1CCN(CCC(=O)N2CCC3(CCN(C)CC3)C2)CC1. The predicted octanol–water partition coefficient (Wildman–Crippen LogP) is 0.568. The summed E-state index contributed by atoms with van der Waals surface area (Å²) >= 11 is 0. The van der Waals surface area contributed by atoms with Crippen molar-refractivity contribution in [3.8, 4) is 0 Å². The molecule has 0 unspecified atom stereocenters. The molecule has 22 heavy (non-hydrogen) atoms. The molecule has 0 aromatic heterocycles. The summed E-state index contributed by atoms with van der Waals surface area (Å²) in [4.78, 5) is 21.9. The van der Waals surface area contributed by atoms with Crippen LogP contribution in [0, 0.1) is 5.41 Å². The van der Waals surface area contributed by atoms with E-state index in [0.717, 1.165) is 45.8 Å². The molecule has 3 aliphatic rings. The molecule has 0 aromatic carbocycles. The van der Waals surface area contributed by atoms with Crippen LogP contribution in [0.2, 0.25) is 0 Å². The second-order valence-electron chi connectivity index (χ2n) is 7.76. The Bertz CT molecular complexity index is 384. The second kappa shape index (κ2) is 6.85. The van der Waals surface area contributed by atoms with Crippen molar-refractivity contribution < 1.29 is 4.79 Å². The summed E-state index contributed by atoms with van der Waals surface area (Å²) in [6.07, 6.45) is 4.47. The molecule has 1 amide bonds. The van der Waals surface area contributed by atoms with Gasteiger partial charge in [-0.05, 0) is 51.9 Å². The highest BCUT2D eigenvalue weighted by molar-refractivity contribution is 5.76. The van der Waals surface area contributed by atoms with Crippen molar-refractivity contribution in [3.63, 3.8) is 0 Å². The van der Waals surface area contributed by atoms with E-state index in [1.54, 1.807) is 0 Å². The van der Waals surface area contributed by atoms with Crippen LogP contribution in [0.1, 0.15) is 25.7 Å². The van der Waals surface area contributed by atoms with Gasteiger partial charge in [-0.1, -0.05) is 0 Å². The number of likely N-dealkylation sites (N-methyl/N-ethyl adjacent to an activating group) is 1. The summed E-state index contributed by atoms with van der Waals surface area (Å²) in [5.74, 6) is 0.384. The molecule has 5 nitrogen and oxygen atoms in total. The minimum Gasteiger partial charge on any atom is -0.342 e. The van der Waals surface area contributed by atoms with E-state index in [9.17, 15) is 4.79 Å². The van der Waals surface area contributed by atoms with Crippen molar-refractivity contribution in [2.24, 2.45) is 5.41 Å². The summed E-state index contributed by atoms with van der Waals surface area (Å²) in [7, 11) is 4.38. The Morgan fingerprint density at radius 3 is 2.14 bits per heavy atom. The van der Waals surface area contributed by atoms with Gasteiger partial charge in [-0.3, -0.25) is 4.79 Å². The van der Waals surface area contributed by atoms with Crippen LogP contribution in [0.3, 0.4) is 0 Å². The number of hydrogen-bond acceptors (Lipinski definition) is 4. The van der Waals surface area contributed by atoms with E-state index in [1.165, 1.54) is 32.4 Å². The summed E-state index contributed by atoms with van der Waals surface area (Å²) in [5.41, 5.74) is 0.440. The van der Waals surface area contributed by atoms with E-state index in [2.05, 4.69) is 33.7 Å². The van der Waals surface area contributed by atoms with E-state index in [4.69, 9.17) is 0 Å². The fraction of sp³-hybridized carbons (Fsp3) is 0.941. The lowest BCUT2D eigenvalue weighted by atomic mass is 9.78. The predicted molar refractivity (Wildman–Crippen MR) is 88.9 cm³/mol. The number of carbonyl (C=O) groups excluding carboxylic acids is 1. The lowest BCUT2D eigenvalue weighted by Crippen LogP contribution is -2.45. The third-order valence-corrected chi connectivity index (χ3v) is 6.08. The van der Waals surface area contributed by atoms with Crippen molar-refractivity contribution in [2.45, 2.75) is 25.7 Å². The molecule has 0 N–H and O–H groups in total. The zero-order valence-corrected chi connectivity index (χ0v) is 14.4. The molecule has 0 aliphatic carbocycles. The van der Waals surface area contributed by atoms with Gasteiger partial charge in [0, 0.05) is 52.2 Å². The molecule has 0 bridgehead atoms. The van der Waals surface area contributed by atoms with Gasteiger partial charge >= 0.3 is 0 Å². The van der Waals surface area contributed by atoms with E-state index in [1.807, 2.05) is 0 Å². The summed E-state index contributed by atoms with van der Waals surface area (Å²) in [6.45, 7) is 9.84. The van der Waals surface area contributed by atoms with Crippen LogP contribution < -0.4 is 0 Å². The molecule has 126 valence electrons. The van der Waals surface area contributed by atoms with Crippen LogP contribution in [0.15, 0.2) is 0 Å². The number of amides is 1. The highest BCUT2D eigenvalue weighted by Gasteiger charge is 2.41. The van der Waals surface area contributed by atoms with E-state index in [0.29, 0.717) is 17.7 Å². The Labute approximate surface area is 135 Å². The molecule has 3 heterocycles. The van der Waals surface area contributed by atoms with Crippen LogP contribution in [-0.4, -0.2) is 98.5 Å². The van der Waals surface area contributed by atoms with Gasteiger partial charge in [-0.15, -0.1) is 0 Å². The van der Waals surface area contributed by atoms with Gasteiger partial charge in [0.25, 0.3) is 0 Å². The quantitative estimate of drug-likeness (QED) is 0.762. The number of piperidine rings is 1. The fourth-order valence-electron chi connectivity index (χ4n) is 4.13. The Balaban J connectivity index is 1.42. The van der Waals surface area contributed by atoms with Gasteiger partial charge in [0.15, 0.2) is 0 Å². The fourth-order valence-corrected chi connectivity index (χ4v) is 4.13. The topological polar surface area (TPSA) is 30.0 Å². The first-order chi connectivity index (χ1) is 10.6. The molecule has 5 heteroatoms. The number of piperazine rings is 1. The van der Waals surface area contributed by atoms with Crippen LogP contribution in [0.25, 0.3) is 0 Å². The molecule has 0 atom stereocenters. The first-order valence-corrected chi connectivity index (χ1v) is 8.94. The summed E-state index contributed by atoms with van der Waals surface area (Å²) < 4.78 is 0. The number of hydrogen-bond donors (Lipinski definition) is 0. The van der Waals surface area contributed by atoms with Crippen LogP contribution in [-0.2, 0) is 4.79 Å². The van der Waals surface area contributed by atoms with Gasteiger partial charge in [-0.25, -0.2) is 0 Å². The zero-order valence-electron chi connectivity index (χ0n) is 14.4. The van der Waals surface area contributed by atoms with Crippen LogP contribution in [0.5, 0.6) is 0 Å². The van der Waals surface area contributed by atoms with Gasteiger partial charge in [0.05, 0.1) is 0 Å². The molecule has 0 saturated carbocycles. The largest absolute Gasteiger partial charge is 0.342 e. The van der Waals surface area contributed by atoms with E-state index >= 15 is 0 Å². The molecule has 0 radical (unpaired) electrons. The number of rotatable bonds is 3. The maximum atomic E-state index is 12.5. The first kappa shape index (κ1) is 16.2. The molecule has 3 saturated heterocycles. The first-order valence-electron chi connectivity index (χ1n) is 8.94. The minimum atomic E-state index is 0.384. The third kappa shape index (κ3) is 3.81. The van der Waals surface area contributed by atoms with Gasteiger partial charge in [0.1, 0.15) is 0 Å². The summed E-state index contributed by atoms with van der Waals surface area (Å²) in [6, 6.07) is 0. The lowest BCUT2D eigenvalue weighted by Gasteiger charge is -2.37. The monoisotopic (exact) mass is 308 g/mol. The normalized spacial score (nSPS) is 27.6. The van der Waals surface area contributed by atoms with Crippen molar-refractivity contribution in [1.29, 1.82) is 0 Å². The average molecular weight is 308 g/mol. The zero-order chi connectivity index (χ0) is 15.6. The van der Waals surface area contributed by atoms with Gasteiger partial charge in [0.2, 0.25) is 5.91 Å². The van der Waals surface area contributed by atoms with Crippen molar-refractivity contribution >= 4 is 5.91 Å². The molecular weight excluding hydrogens is 276 g/mol. The Morgan fingerprint density at radius 1 is 0.864 bits per heavy atom. The maximum Gasteiger partial charge on any atom is 0.223 e. The lowest BCUT2D eigenvalue weighted by molar-refractivity contribution is -0.131. The maximum absolute atomic E-state index is 12.5. The number of likely N-dealkylation sites (tertiary alicyclic amines) is 2. The Morgan fingerprint density at radius 2 is 1.45 bits per heavy atom. The molecule has 3 aliphatic heterocycles. The van der Waals surface area contributed by atoms with Crippen molar-refractivity contribution in [2.75, 3.05) is 73.0 Å². The van der Waals surface area contributed by atoms with E-state index in [-0.39, 0.29) is 0 Å². The minimum absolute atomic E-state index is 0.384. The summed E-state index contributed by atoms with van der Waals surface area (Å²) in [5, 5.41) is 0. The number of nitrogens with zero attached hydrogens (tertiary/aromatic N) is 4. The molecule has 3 rings (SSSR count). The highest BCUT2D eigenvalue weighted by atomic mass is 16.2. The van der Waals surface area contributed by atoms with Gasteiger partial charge in [-0.2, -0.15) is 0 Å². The number of carbonyl (C=O) groups is 1. The van der Waals surface area contributed by atoms with Crippen LogP contribution >= 0.6 is 0 Å². The smallest absolute Gasteiger partial charge is 0.223 e. The van der Waals surface area contributed by atoms with Gasteiger partial charge < -0.3 is 19.6 Å². The Hall–Kier alpha value is -0.650. The van der Waals surface area contributed by atoms with E-state index < -0.39 is 0 Å². The Kier molecular flexibility index (Phi) is 5.05. The molecule has 3 fully saturated rings. The standard InChI is InChI=1S/C17H32N4O/c1-18-8-4-17(5-9-18)6-10-21(15-17)16(22)3-7-20-13-11-19(2)12-14-20/h3-15H2,1-2H3. The van der Waals surface area contributed by atoms with Crippen molar-refractivity contribution in [3.05, 3.63) is 0 Å². The third-order valence-electron chi connectivity index (χ3n) is 6.08. The van der Waals surface area contributed by atoms with Crippen LogP contribution in [0.4, 0.5) is 0 Å². The average Bonchev–Trinajstić information content (AvgIpc) is 2.94. The highest BCUT2D eigenvalue weighted by Crippen LogP contribution is 2.40. The van der Waals surface area contributed by atoms with Crippen molar-refractivity contribution in [1.82, 2.24) is 19.6 Å².